The summed E-state index contributed by atoms with van der Waals surface area (Å²) in [4.78, 5) is 0. The van der Waals surface area contributed by atoms with Crippen molar-refractivity contribution in [1.82, 2.24) is 0 Å². The Balaban J connectivity index is 2.31. The number of hydrogen-bond acceptors (Lipinski definition) is 2. The quantitative estimate of drug-likeness (QED) is 0.933. The molecule has 2 nitrogen and oxygen atoms in total. The largest absolute Gasteiger partial charge is 0.496 e. The minimum atomic E-state index is -0.609. The highest BCUT2D eigenvalue weighted by Gasteiger charge is 2.11. The first-order valence-corrected chi connectivity index (χ1v) is 6.49. The summed E-state index contributed by atoms with van der Waals surface area (Å²) in [6.07, 6.45) is -0.609. The molecule has 2 aromatic rings. The predicted molar refractivity (Wildman–Crippen MR) is 75.9 cm³/mol. The van der Waals surface area contributed by atoms with E-state index in [9.17, 15) is 5.11 Å². The van der Waals surface area contributed by atoms with Crippen LogP contribution in [0, 0.1) is 6.92 Å². The topological polar surface area (TPSA) is 29.5 Å². The number of aryl methyl sites for hydroxylation is 1. The lowest BCUT2D eigenvalue weighted by molar-refractivity contribution is 0.220. The predicted octanol–water partition coefficient (Wildman–Crippen LogP) is 3.85. The molecule has 0 radical (unpaired) electrons. The van der Waals surface area contributed by atoms with Crippen LogP contribution in [0.25, 0.3) is 0 Å². The normalized spacial score (nSPS) is 12.2. The Bertz CT molecular complexity index is 535. The lowest BCUT2D eigenvalue weighted by Crippen LogP contribution is -2.00. The molecular weight excluding hydrogens is 292 g/mol. The molecule has 0 heterocycles. The second kappa shape index (κ2) is 5.55. The van der Waals surface area contributed by atoms with Gasteiger partial charge in [-0.1, -0.05) is 34.1 Å². The molecule has 0 spiro atoms. The fraction of sp³-hybridized carbons (Fsp3) is 0.200. The molecule has 0 saturated carbocycles. The lowest BCUT2D eigenvalue weighted by atomic mass is 10.00. The van der Waals surface area contributed by atoms with Gasteiger partial charge in [0.1, 0.15) is 11.9 Å². The summed E-state index contributed by atoms with van der Waals surface area (Å²) in [5.74, 6) is 0.835. The highest BCUT2D eigenvalue weighted by Crippen LogP contribution is 2.27. The van der Waals surface area contributed by atoms with Crippen LogP contribution in [0.4, 0.5) is 0 Å². The van der Waals surface area contributed by atoms with Crippen LogP contribution >= 0.6 is 15.9 Å². The third kappa shape index (κ3) is 2.74. The number of halogens is 1. The number of hydrogen-bond donors (Lipinski definition) is 1. The fourth-order valence-corrected chi connectivity index (χ4v) is 2.17. The number of rotatable bonds is 3. The van der Waals surface area contributed by atoms with Gasteiger partial charge in [-0.25, -0.2) is 0 Å². The van der Waals surface area contributed by atoms with Crippen LogP contribution in [0.1, 0.15) is 22.8 Å². The molecule has 1 atom stereocenters. The van der Waals surface area contributed by atoms with Crippen molar-refractivity contribution in [2.75, 3.05) is 7.11 Å². The summed E-state index contributed by atoms with van der Waals surface area (Å²) < 4.78 is 6.22. The van der Waals surface area contributed by atoms with Crippen molar-refractivity contribution >= 4 is 15.9 Å². The van der Waals surface area contributed by atoms with Gasteiger partial charge < -0.3 is 9.84 Å². The Morgan fingerprint density at radius 3 is 2.22 bits per heavy atom. The van der Waals surface area contributed by atoms with Crippen molar-refractivity contribution in [3.8, 4) is 5.75 Å². The maximum atomic E-state index is 10.3. The van der Waals surface area contributed by atoms with Crippen LogP contribution < -0.4 is 4.74 Å². The van der Waals surface area contributed by atoms with Crippen LogP contribution in [0.15, 0.2) is 46.9 Å². The van der Waals surface area contributed by atoms with Crippen LogP contribution in [-0.2, 0) is 0 Å². The van der Waals surface area contributed by atoms with Crippen LogP contribution in [0.2, 0.25) is 0 Å². The van der Waals surface area contributed by atoms with Gasteiger partial charge in [0.15, 0.2) is 0 Å². The maximum Gasteiger partial charge on any atom is 0.121 e. The Morgan fingerprint density at radius 1 is 1.06 bits per heavy atom. The fourth-order valence-electron chi connectivity index (χ4n) is 1.91. The summed E-state index contributed by atoms with van der Waals surface area (Å²) in [5, 5.41) is 10.3. The smallest absolute Gasteiger partial charge is 0.121 e. The molecule has 2 rings (SSSR count). The van der Waals surface area contributed by atoms with E-state index in [1.165, 1.54) is 0 Å². The van der Waals surface area contributed by atoms with Gasteiger partial charge in [-0.15, -0.1) is 0 Å². The molecule has 1 unspecified atom stereocenters. The first-order chi connectivity index (χ1) is 8.61. The number of methoxy groups -OCH3 is 1. The van der Waals surface area contributed by atoms with E-state index >= 15 is 0 Å². The standard InChI is InChI=1S/C15H15BrO2/c1-10-9-12(5-8-14(10)18-2)15(17)11-3-6-13(16)7-4-11/h3-9,15,17H,1-2H3. The Labute approximate surface area is 115 Å². The Morgan fingerprint density at radius 2 is 1.67 bits per heavy atom. The van der Waals surface area contributed by atoms with E-state index < -0.39 is 6.10 Å². The van der Waals surface area contributed by atoms with Gasteiger partial charge in [-0.3, -0.25) is 0 Å². The summed E-state index contributed by atoms with van der Waals surface area (Å²) in [7, 11) is 1.65. The Hall–Kier alpha value is -1.32. The molecule has 3 heteroatoms. The maximum absolute atomic E-state index is 10.3. The lowest BCUT2D eigenvalue weighted by Gasteiger charge is -2.13. The van der Waals surface area contributed by atoms with Crippen molar-refractivity contribution in [2.24, 2.45) is 0 Å². The molecule has 0 bridgehead atoms. The van der Waals surface area contributed by atoms with E-state index in [1.54, 1.807) is 7.11 Å². The number of aliphatic hydroxyl groups is 1. The molecule has 0 saturated heterocycles. The Kier molecular flexibility index (Phi) is 4.04. The molecule has 0 aliphatic carbocycles. The minimum Gasteiger partial charge on any atom is -0.496 e. The summed E-state index contributed by atoms with van der Waals surface area (Å²) in [5.41, 5.74) is 2.77. The highest BCUT2D eigenvalue weighted by molar-refractivity contribution is 9.10. The molecule has 0 amide bonds. The zero-order valence-electron chi connectivity index (χ0n) is 10.4. The van der Waals surface area contributed by atoms with Gasteiger partial charge in [0, 0.05) is 4.47 Å². The van der Waals surface area contributed by atoms with Crippen molar-refractivity contribution in [3.63, 3.8) is 0 Å². The second-order valence-corrected chi connectivity index (χ2v) is 5.10. The van der Waals surface area contributed by atoms with Gasteiger partial charge in [0.2, 0.25) is 0 Å². The minimum absolute atomic E-state index is 0.609. The van der Waals surface area contributed by atoms with E-state index in [0.29, 0.717) is 0 Å². The van der Waals surface area contributed by atoms with Crippen LogP contribution in [0.3, 0.4) is 0 Å². The van der Waals surface area contributed by atoms with Crippen molar-refractivity contribution < 1.29 is 9.84 Å². The third-order valence-corrected chi connectivity index (χ3v) is 3.45. The average molecular weight is 307 g/mol. The van der Waals surface area contributed by atoms with Gasteiger partial charge in [-0.2, -0.15) is 0 Å². The van der Waals surface area contributed by atoms with Gasteiger partial charge in [0.05, 0.1) is 7.11 Å². The average Bonchev–Trinajstić information content (AvgIpc) is 2.38. The zero-order valence-corrected chi connectivity index (χ0v) is 11.9. The van der Waals surface area contributed by atoms with Gasteiger partial charge >= 0.3 is 0 Å². The zero-order chi connectivity index (χ0) is 13.1. The SMILES string of the molecule is COc1ccc(C(O)c2ccc(Br)cc2)cc1C. The summed E-state index contributed by atoms with van der Waals surface area (Å²) in [6.45, 7) is 1.97. The van der Waals surface area contributed by atoms with Crippen LogP contribution in [0.5, 0.6) is 5.75 Å². The molecule has 94 valence electrons. The number of ether oxygens (including phenoxy) is 1. The first kappa shape index (κ1) is 13.1. The molecule has 0 aliphatic heterocycles. The molecule has 0 aliphatic rings. The van der Waals surface area contributed by atoms with E-state index in [0.717, 1.165) is 26.9 Å². The van der Waals surface area contributed by atoms with Crippen molar-refractivity contribution in [2.45, 2.75) is 13.0 Å². The molecule has 18 heavy (non-hydrogen) atoms. The number of aliphatic hydroxyl groups excluding tert-OH is 1. The number of benzene rings is 2. The van der Waals surface area contributed by atoms with E-state index in [-0.39, 0.29) is 0 Å². The molecule has 2 aromatic carbocycles. The summed E-state index contributed by atoms with van der Waals surface area (Å²) in [6, 6.07) is 13.4. The highest BCUT2D eigenvalue weighted by atomic mass is 79.9. The molecule has 1 N–H and O–H groups in total. The van der Waals surface area contributed by atoms with Gasteiger partial charge in [0.25, 0.3) is 0 Å². The molecule has 0 fully saturated rings. The van der Waals surface area contributed by atoms with E-state index in [2.05, 4.69) is 15.9 Å². The molecule has 0 aromatic heterocycles. The van der Waals surface area contributed by atoms with E-state index in [1.807, 2.05) is 49.4 Å². The monoisotopic (exact) mass is 306 g/mol. The third-order valence-electron chi connectivity index (χ3n) is 2.92. The van der Waals surface area contributed by atoms with E-state index in [4.69, 9.17) is 4.74 Å². The molecular formula is C15H15BrO2. The van der Waals surface area contributed by atoms with Gasteiger partial charge in [-0.05, 0) is 47.9 Å². The van der Waals surface area contributed by atoms with Crippen molar-refractivity contribution in [1.29, 1.82) is 0 Å². The first-order valence-electron chi connectivity index (χ1n) is 5.70. The summed E-state index contributed by atoms with van der Waals surface area (Å²) >= 11 is 3.38. The van der Waals surface area contributed by atoms with Crippen molar-refractivity contribution in [3.05, 3.63) is 63.6 Å². The van der Waals surface area contributed by atoms with Crippen LogP contribution in [-0.4, -0.2) is 12.2 Å². The second-order valence-electron chi connectivity index (χ2n) is 4.18.